The van der Waals surface area contributed by atoms with E-state index >= 15 is 0 Å². The molecule has 1 aromatic rings. The van der Waals surface area contributed by atoms with Crippen molar-refractivity contribution in [2.45, 2.75) is 46.1 Å². The van der Waals surface area contributed by atoms with Gasteiger partial charge in [0.2, 0.25) is 0 Å². The molecule has 1 atom stereocenters. The van der Waals surface area contributed by atoms with Crippen LogP contribution in [0.25, 0.3) is 0 Å². The summed E-state index contributed by atoms with van der Waals surface area (Å²) in [5.74, 6) is 1.39. The zero-order valence-electron chi connectivity index (χ0n) is 11.0. The summed E-state index contributed by atoms with van der Waals surface area (Å²) in [5.41, 5.74) is 1.46. The van der Waals surface area contributed by atoms with Gasteiger partial charge in [0.05, 0.1) is 0 Å². The molecule has 0 saturated carbocycles. The third kappa shape index (κ3) is 4.80. The van der Waals surface area contributed by atoms with Crippen molar-refractivity contribution >= 4 is 0 Å². The van der Waals surface area contributed by atoms with E-state index in [1.807, 2.05) is 0 Å². The molecule has 0 fully saturated rings. The van der Waals surface area contributed by atoms with E-state index in [1.165, 1.54) is 12.0 Å². The molecule has 1 heteroatoms. The lowest BCUT2D eigenvalue weighted by atomic mass is 9.90. The van der Waals surface area contributed by atoms with E-state index < -0.39 is 0 Å². The van der Waals surface area contributed by atoms with Crippen molar-refractivity contribution in [1.29, 1.82) is 0 Å². The summed E-state index contributed by atoms with van der Waals surface area (Å²) in [6, 6.07) is 11.4. The molecule has 1 N–H and O–H groups in total. The second-order valence-corrected chi connectivity index (χ2v) is 5.30. The minimum atomic E-state index is 0.568. The second-order valence-electron chi connectivity index (χ2n) is 5.30. The van der Waals surface area contributed by atoms with Gasteiger partial charge in [-0.05, 0) is 23.8 Å². The molecule has 0 aromatic heterocycles. The molecule has 0 radical (unpaired) electrons. The van der Waals surface area contributed by atoms with Gasteiger partial charge in [0.1, 0.15) is 0 Å². The first-order chi connectivity index (χ1) is 7.59. The van der Waals surface area contributed by atoms with Crippen LogP contribution in [0, 0.1) is 5.92 Å². The quantitative estimate of drug-likeness (QED) is 0.767. The van der Waals surface area contributed by atoms with Crippen LogP contribution in [0.3, 0.4) is 0 Å². The van der Waals surface area contributed by atoms with Crippen molar-refractivity contribution in [1.82, 2.24) is 5.32 Å². The Bertz CT molecular complexity index is 277. The van der Waals surface area contributed by atoms with Crippen LogP contribution in [-0.2, 0) is 0 Å². The highest BCUT2D eigenvalue weighted by molar-refractivity contribution is 5.19. The highest BCUT2D eigenvalue weighted by atomic mass is 14.9. The summed E-state index contributed by atoms with van der Waals surface area (Å²) < 4.78 is 0. The largest absolute Gasteiger partial charge is 0.314 e. The minimum absolute atomic E-state index is 0.568. The van der Waals surface area contributed by atoms with Crippen LogP contribution in [0.1, 0.15) is 45.6 Å². The monoisotopic (exact) mass is 219 g/mol. The first-order valence-corrected chi connectivity index (χ1v) is 6.38. The van der Waals surface area contributed by atoms with Crippen molar-refractivity contribution < 1.29 is 0 Å². The van der Waals surface area contributed by atoms with Crippen LogP contribution >= 0.6 is 0 Å². The molecule has 1 nitrogen and oxygen atoms in total. The molecule has 0 amide bonds. The number of hydrogen-bond donors (Lipinski definition) is 1. The number of nitrogens with one attached hydrogen (secondary N) is 1. The fourth-order valence-corrected chi connectivity index (χ4v) is 2.01. The Kier molecular flexibility index (Phi) is 5.54. The Labute approximate surface area is 100 Å². The number of rotatable bonds is 6. The average molecular weight is 219 g/mol. The molecule has 0 saturated heterocycles. The van der Waals surface area contributed by atoms with Gasteiger partial charge in [-0.25, -0.2) is 0 Å². The lowest BCUT2D eigenvalue weighted by Gasteiger charge is -2.21. The molecular weight excluding hydrogens is 194 g/mol. The summed E-state index contributed by atoms with van der Waals surface area (Å²) in [5, 5.41) is 3.55. The van der Waals surface area contributed by atoms with Gasteiger partial charge in [-0.2, -0.15) is 0 Å². The maximum absolute atomic E-state index is 3.55. The van der Waals surface area contributed by atoms with Crippen molar-refractivity contribution in [3.8, 4) is 0 Å². The zero-order chi connectivity index (χ0) is 12.0. The van der Waals surface area contributed by atoms with Gasteiger partial charge < -0.3 is 5.32 Å². The molecule has 0 spiro atoms. The van der Waals surface area contributed by atoms with Crippen LogP contribution in [0.4, 0.5) is 0 Å². The van der Waals surface area contributed by atoms with E-state index in [1.54, 1.807) is 0 Å². The molecule has 1 rings (SSSR count). The van der Waals surface area contributed by atoms with Gasteiger partial charge in [-0.3, -0.25) is 0 Å². The molecule has 1 aromatic carbocycles. The molecule has 1 unspecified atom stereocenters. The molecule has 0 aliphatic heterocycles. The lowest BCUT2D eigenvalue weighted by Crippen LogP contribution is -2.28. The van der Waals surface area contributed by atoms with Crippen molar-refractivity contribution in [2.24, 2.45) is 5.92 Å². The van der Waals surface area contributed by atoms with Crippen molar-refractivity contribution in [2.75, 3.05) is 6.54 Å². The van der Waals surface area contributed by atoms with Crippen LogP contribution in [-0.4, -0.2) is 12.6 Å². The van der Waals surface area contributed by atoms with Crippen LogP contribution in [0.15, 0.2) is 30.3 Å². The summed E-state index contributed by atoms with van der Waals surface area (Å²) >= 11 is 0. The molecule has 0 bridgehead atoms. The molecule has 0 heterocycles. The van der Waals surface area contributed by atoms with E-state index in [9.17, 15) is 0 Å². The topological polar surface area (TPSA) is 12.0 Å². The van der Waals surface area contributed by atoms with Gasteiger partial charge in [-0.1, -0.05) is 58.0 Å². The van der Waals surface area contributed by atoms with Crippen LogP contribution < -0.4 is 5.32 Å². The predicted molar refractivity (Wildman–Crippen MR) is 71.8 cm³/mol. The smallest absolute Gasteiger partial charge is 0.00226 e. The number of benzene rings is 1. The maximum Gasteiger partial charge on any atom is 0.00226 e. The summed E-state index contributed by atoms with van der Waals surface area (Å²) in [7, 11) is 0. The van der Waals surface area contributed by atoms with Crippen LogP contribution in [0.2, 0.25) is 0 Å². The molecule has 90 valence electrons. The molecule has 0 aliphatic carbocycles. The first kappa shape index (κ1) is 13.2. The fraction of sp³-hybridized carbons (Fsp3) is 0.600. The van der Waals surface area contributed by atoms with E-state index in [0.717, 1.165) is 12.5 Å². The van der Waals surface area contributed by atoms with E-state index in [0.29, 0.717) is 12.0 Å². The normalized spacial score (nSPS) is 13.4. The van der Waals surface area contributed by atoms with Gasteiger partial charge in [0, 0.05) is 12.6 Å². The van der Waals surface area contributed by atoms with Gasteiger partial charge in [0.15, 0.2) is 0 Å². The van der Waals surface area contributed by atoms with Crippen molar-refractivity contribution in [3.63, 3.8) is 0 Å². The lowest BCUT2D eigenvalue weighted by molar-refractivity contribution is 0.452. The first-order valence-electron chi connectivity index (χ1n) is 6.38. The molecule has 16 heavy (non-hydrogen) atoms. The SMILES string of the molecule is CC(C)CC(CNC(C)C)c1ccccc1. The summed E-state index contributed by atoms with van der Waals surface area (Å²) in [6.07, 6.45) is 1.25. The summed E-state index contributed by atoms with van der Waals surface area (Å²) in [6.45, 7) is 10.1. The third-order valence-corrected chi connectivity index (χ3v) is 2.80. The van der Waals surface area contributed by atoms with Crippen molar-refractivity contribution in [3.05, 3.63) is 35.9 Å². The van der Waals surface area contributed by atoms with E-state index in [2.05, 4.69) is 63.3 Å². The van der Waals surface area contributed by atoms with Crippen LogP contribution in [0.5, 0.6) is 0 Å². The highest BCUT2D eigenvalue weighted by Crippen LogP contribution is 2.22. The minimum Gasteiger partial charge on any atom is -0.314 e. The average Bonchev–Trinajstić information content (AvgIpc) is 2.25. The summed E-state index contributed by atoms with van der Waals surface area (Å²) in [4.78, 5) is 0. The number of hydrogen-bond acceptors (Lipinski definition) is 1. The fourth-order valence-electron chi connectivity index (χ4n) is 2.01. The van der Waals surface area contributed by atoms with Gasteiger partial charge in [-0.15, -0.1) is 0 Å². The maximum atomic E-state index is 3.55. The van der Waals surface area contributed by atoms with E-state index in [-0.39, 0.29) is 0 Å². The Morgan fingerprint density at radius 3 is 2.12 bits per heavy atom. The third-order valence-electron chi connectivity index (χ3n) is 2.80. The Morgan fingerprint density at radius 2 is 1.62 bits per heavy atom. The van der Waals surface area contributed by atoms with Gasteiger partial charge in [0.25, 0.3) is 0 Å². The Balaban J connectivity index is 2.64. The van der Waals surface area contributed by atoms with Gasteiger partial charge >= 0.3 is 0 Å². The predicted octanol–water partition coefficient (Wildman–Crippen LogP) is 3.81. The Hall–Kier alpha value is -0.820. The second kappa shape index (κ2) is 6.70. The van der Waals surface area contributed by atoms with E-state index in [4.69, 9.17) is 0 Å². The molecular formula is C15H25N. The highest BCUT2D eigenvalue weighted by Gasteiger charge is 2.13. The standard InChI is InChI=1S/C15H25N/c1-12(2)10-15(11-16-13(3)4)14-8-6-5-7-9-14/h5-9,12-13,15-16H,10-11H2,1-4H3. The molecule has 0 aliphatic rings. The Morgan fingerprint density at radius 1 is 1.00 bits per heavy atom. The zero-order valence-corrected chi connectivity index (χ0v) is 11.0.